The molecule has 0 aliphatic carbocycles. The zero-order valence-corrected chi connectivity index (χ0v) is 20.2. The van der Waals surface area contributed by atoms with E-state index < -0.39 is 11.0 Å². The van der Waals surface area contributed by atoms with Gasteiger partial charge in [-0.1, -0.05) is 51.6 Å². The zero-order valence-electron chi connectivity index (χ0n) is 19.4. The number of rotatable bonds is 6. The second kappa shape index (κ2) is 10.8. The van der Waals surface area contributed by atoms with E-state index >= 15 is 0 Å². The van der Waals surface area contributed by atoms with Gasteiger partial charge in [-0.3, -0.25) is 4.79 Å². The van der Waals surface area contributed by atoms with Crippen LogP contribution in [0.1, 0.15) is 31.9 Å². The molecule has 2 aromatic carbocycles. The number of anilines is 1. The van der Waals surface area contributed by atoms with Crippen LogP contribution in [0.2, 0.25) is 0 Å². The fraction of sp³-hybridized carbons (Fsp3) is 0.360. The van der Waals surface area contributed by atoms with Crippen molar-refractivity contribution < 1.29 is 18.5 Å². The van der Waals surface area contributed by atoms with Gasteiger partial charge in [0.15, 0.2) is 0 Å². The van der Waals surface area contributed by atoms with E-state index in [9.17, 15) is 13.8 Å². The number of carbonyl (C=O) groups excluding carboxylic acids is 2. The van der Waals surface area contributed by atoms with Gasteiger partial charge in [0, 0.05) is 31.9 Å². The summed E-state index contributed by atoms with van der Waals surface area (Å²) in [6.07, 6.45) is 0.835. The molecule has 0 radical (unpaired) electrons. The Bertz CT molecular complexity index is 1010. The van der Waals surface area contributed by atoms with Crippen LogP contribution in [0.4, 0.5) is 10.5 Å². The van der Waals surface area contributed by atoms with Gasteiger partial charge in [-0.25, -0.2) is 13.3 Å². The molecule has 1 unspecified atom stereocenters. The molecule has 1 fully saturated rings. The van der Waals surface area contributed by atoms with E-state index in [2.05, 4.69) is 44.8 Å². The molecule has 1 atom stereocenters. The highest BCUT2D eigenvalue weighted by Crippen LogP contribution is 2.22. The Kier molecular flexibility index (Phi) is 8.05. The molecule has 1 saturated heterocycles. The van der Waals surface area contributed by atoms with Crippen LogP contribution in [0.15, 0.2) is 66.1 Å². The number of hydrogen-bond acceptors (Lipinski definition) is 4. The largest absolute Gasteiger partial charge is 0.445 e. The fourth-order valence-electron chi connectivity index (χ4n) is 3.37. The third-order valence-electron chi connectivity index (χ3n) is 5.42. The lowest BCUT2D eigenvalue weighted by molar-refractivity contribution is -0.111. The molecule has 0 aromatic heterocycles. The van der Waals surface area contributed by atoms with Crippen molar-refractivity contribution in [2.24, 2.45) is 0 Å². The average molecular weight is 470 g/mol. The minimum atomic E-state index is -1.34. The first-order chi connectivity index (χ1) is 15.7. The number of nitrogens with one attached hydrogen (secondary N) is 1. The molecule has 8 heteroatoms. The number of nitrogens with zero attached hydrogens (tertiary/aromatic N) is 2. The predicted molar refractivity (Wildman–Crippen MR) is 130 cm³/mol. The lowest BCUT2D eigenvalue weighted by Gasteiger charge is -2.33. The van der Waals surface area contributed by atoms with Crippen LogP contribution < -0.4 is 5.32 Å². The maximum Gasteiger partial charge on any atom is 0.410 e. The molecule has 176 valence electrons. The second-order valence-corrected chi connectivity index (χ2v) is 10.4. The number of piperazine rings is 1. The highest BCUT2D eigenvalue weighted by Gasteiger charge is 2.26. The van der Waals surface area contributed by atoms with Crippen LogP contribution in [-0.2, 0) is 32.5 Å². The smallest absolute Gasteiger partial charge is 0.410 e. The average Bonchev–Trinajstić information content (AvgIpc) is 2.82. The maximum atomic E-state index is 12.9. The molecule has 33 heavy (non-hydrogen) atoms. The third-order valence-corrected chi connectivity index (χ3v) is 6.93. The SMILES string of the molecule is C=CC(=O)Nc1ccc(S(=O)N2CCN(C(=O)OCc3ccc(C(C)(C)C)cc3)CC2)cc1. The Morgan fingerprint density at radius 3 is 2.18 bits per heavy atom. The Hall–Kier alpha value is -2.97. The summed E-state index contributed by atoms with van der Waals surface area (Å²) in [7, 11) is -1.34. The molecule has 1 aliphatic rings. The Morgan fingerprint density at radius 1 is 1.03 bits per heavy atom. The number of amides is 2. The molecular weight excluding hydrogens is 438 g/mol. The molecule has 0 bridgehead atoms. The van der Waals surface area contributed by atoms with Gasteiger partial charge in [-0.2, -0.15) is 0 Å². The highest BCUT2D eigenvalue weighted by molar-refractivity contribution is 7.82. The van der Waals surface area contributed by atoms with E-state index in [1.165, 1.54) is 11.6 Å². The standard InChI is InChI=1S/C25H31N3O4S/c1-5-23(29)26-21-10-12-22(13-11-21)33(31)28-16-14-27(15-17-28)24(30)32-18-19-6-8-20(9-7-19)25(2,3)4/h5-13H,1,14-18H2,2-4H3,(H,26,29). The topological polar surface area (TPSA) is 79.0 Å². The minimum Gasteiger partial charge on any atom is -0.445 e. The van der Waals surface area contributed by atoms with Crippen LogP contribution in [-0.4, -0.2) is 51.6 Å². The predicted octanol–water partition coefficient (Wildman–Crippen LogP) is 4.09. The van der Waals surface area contributed by atoms with Crippen molar-refractivity contribution in [3.63, 3.8) is 0 Å². The van der Waals surface area contributed by atoms with Crippen molar-refractivity contribution in [2.45, 2.75) is 37.7 Å². The van der Waals surface area contributed by atoms with E-state index in [1.54, 1.807) is 29.2 Å². The van der Waals surface area contributed by atoms with Gasteiger partial charge in [0.2, 0.25) is 5.91 Å². The van der Waals surface area contributed by atoms with Crippen LogP contribution >= 0.6 is 0 Å². The second-order valence-electron chi connectivity index (χ2n) is 8.88. The van der Waals surface area contributed by atoms with E-state index in [0.29, 0.717) is 36.8 Å². The molecule has 1 N–H and O–H groups in total. The summed E-state index contributed by atoms with van der Waals surface area (Å²) >= 11 is 0. The molecule has 1 heterocycles. The first-order valence-electron chi connectivity index (χ1n) is 10.9. The first kappa shape index (κ1) is 24.7. The van der Waals surface area contributed by atoms with Crippen LogP contribution in [0.3, 0.4) is 0 Å². The molecular formula is C25H31N3O4S. The number of carbonyl (C=O) groups is 2. The van der Waals surface area contributed by atoms with Crippen LogP contribution in [0, 0.1) is 0 Å². The van der Waals surface area contributed by atoms with Crippen molar-refractivity contribution in [3.05, 3.63) is 72.3 Å². The molecule has 3 rings (SSSR count). The normalized spacial score (nSPS) is 15.5. The highest BCUT2D eigenvalue weighted by atomic mass is 32.2. The molecule has 0 spiro atoms. The van der Waals surface area contributed by atoms with Crippen molar-refractivity contribution >= 4 is 28.7 Å². The molecule has 1 aliphatic heterocycles. The molecule has 7 nitrogen and oxygen atoms in total. The van der Waals surface area contributed by atoms with Crippen molar-refractivity contribution in [3.8, 4) is 0 Å². The van der Waals surface area contributed by atoms with E-state index in [4.69, 9.17) is 4.74 Å². The van der Waals surface area contributed by atoms with Crippen LogP contribution in [0.5, 0.6) is 0 Å². The van der Waals surface area contributed by atoms with Crippen molar-refractivity contribution in [1.82, 2.24) is 9.21 Å². The molecule has 0 saturated carbocycles. The summed E-state index contributed by atoms with van der Waals surface area (Å²) in [5.74, 6) is -0.297. The third kappa shape index (κ3) is 6.76. The fourth-order valence-corrected chi connectivity index (χ4v) is 4.53. The summed E-state index contributed by atoms with van der Waals surface area (Å²) in [4.78, 5) is 26.1. The number of benzene rings is 2. The Labute approximate surface area is 198 Å². The van der Waals surface area contributed by atoms with Gasteiger partial charge in [0.05, 0.1) is 4.90 Å². The summed E-state index contributed by atoms with van der Waals surface area (Å²) in [5, 5.41) is 2.66. The first-order valence-corrected chi connectivity index (χ1v) is 12.0. The monoisotopic (exact) mass is 469 g/mol. The summed E-state index contributed by atoms with van der Waals surface area (Å²) < 4.78 is 20.2. The Morgan fingerprint density at radius 2 is 1.64 bits per heavy atom. The van der Waals surface area contributed by atoms with E-state index in [-0.39, 0.29) is 24.0 Å². The zero-order chi connectivity index (χ0) is 24.0. The lowest BCUT2D eigenvalue weighted by atomic mass is 9.87. The van der Waals surface area contributed by atoms with Gasteiger partial charge in [-0.05, 0) is 46.9 Å². The maximum absolute atomic E-state index is 12.9. The molecule has 2 aromatic rings. The number of hydrogen-bond donors (Lipinski definition) is 1. The van der Waals surface area contributed by atoms with Crippen molar-refractivity contribution in [1.29, 1.82) is 0 Å². The van der Waals surface area contributed by atoms with Gasteiger partial charge in [0.1, 0.15) is 17.6 Å². The number of ether oxygens (including phenoxy) is 1. The Balaban J connectivity index is 1.46. The van der Waals surface area contributed by atoms with Crippen LogP contribution in [0.25, 0.3) is 0 Å². The summed E-state index contributed by atoms with van der Waals surface area (Å²) in [6.45, 7) is 12.0. The van der Waals surface area contributed by atoms with Crippen molar-refractivity contribution in [2.75, 3.05) is 31.5 Å². The summed E-state index contributed by atoms with van der Waals surface area (Å²) in [5.41, 5.74) is 2.88. The van der Waals surface area contributed by atoms with E-state index in [0.717, 1.165) is 5.56 Å². The van der Waals surface area contributed by atoms with Gasteiger partial charge in [-0.15, -0.1) is 0 Å². The van der Waals surface area contributed by atoms with Gasteiger partial charge < -0.3 is 15.0 Å². The van der Waals surface area contributed by atoms with Gasteiger partial charge in [0.25, 0.3) is 0 Å². The van der Waals surface area contributed by atoms with E-state index in [1.807, 2.05) is 16.4 Å². The minimum absolute atomic E-state index is 0.0818. The van der Waals surface area contributed by atoms with Gasteiger partial charge >= 0.3 is 6.09 Å². The quantitative estimate of drug-likeness (QED) is 0.647. The summed E-state index contributed by atoms with van der Waals surface area (Å²) in [6, 6.07) is 15.0. The molecule has 2 amide bonds. The lowest BCUT2D eigenvalue weighted by Crippen LogP contribution is -2.49.